The van der Waals surface area contributed by atoms with Gasteiger partial charge in [-0.2, -0.15) is 0 Å². The summed E-state index contributed by atoms with van der Waals surface area (Å²) in [5, 5.41) is 11.6. The molecule has 0 N–H and O–H groups in total. The minimum Gasteiger partial charge on any atom is -0.256 e. The number of pyridine rings is 1. The molecule has 5 heteroatoms. The van der Waals surface area contributed by atoms with E-state index in [4.69, 9.17) is 11.6 Å². The fourth-order valence-electron chi connectivity index (χ4n) is 1.97. The molecule has 3 nitrogen and oxygen atoms in total. The third-order valence-corrected chi connectivity index (χ3v) is 4.15. The fourth-order valence-corrected chi connectivity index (χ4v) is 3.03. The van der Waals surface area contributed by atoms with E-state index < -0.39 is 0 Å². The molecule has 0 aliphatic rings. The number of hydrogen-bond acceptors (Lipinski definition) is 4. The van der Waals surface area contributed by atoms with E-state index in [1.807, 2.05) is 18.2 Å². The van der Waals surface area contributed by atoms with Gasteiger partial charge in [-0.15, -0.1) is 21.8 Å². The summed E-state index contributed by atoms with van der Waals surface area (Å²) in [7, 11) is 0. The van der Waals surface area contributed by atoms with Gasteiger partial charge in [0.25, 0.3) is 0 Å². The molecule has 19 heavy (non-hydrogen) atoms. The Kier molecular flexibility index (Phi) is 3.71. The van der Waals surface area contributed by atoms with Crippen molar-refractivity contribution in [3.05, 3.63) is 41.5 Å². The summed E-state index contributed by atoms with van der Waals surface area (Å²) in [6, 6.07) is 10.1. The zero-order valence-corrected chi connectivity index (χ0v) is 11.8. The lowest BCUT2D eigenvalue weighted by Gasteiger charge is -2.01. The second-order valence-electron chi connectivity index (χ2n) is 4.17. The van der Waals surface area contributed by atoms with Crippen LogP contribution in [0.2, 0.25) is 0 Å². The Hall–Kier alpha value is -1.52. The van der Waals surface area contributed by atoms with E-state index in [0.29, 0.717) is 5.88 Å². The van der Waals surface area contributed by atoms with Gasteiger partial charge in [0.1, 0.15) is 10.0 Å². The van der Waals surface area contributed by atoms with E-state index in [-0.39, 0.29) is 0 Å². The van der Waals surface area contributed by atoms with Crippen molar-refractivity contribution in [2.45, 2.75) is 12.8 Å². The molecule has 2 heterocycles. The minimum absolute atomic E-state index is 0.660. The predicted octanol–water partition coefficient (Wildman–Crippen LogP) is 3.92. The summed E-state index contributed by atoms with van der Waals surface area (Å²) in [5.41, 5.74) is 2.08. The summed E-state index contributed by atoms with van der Waals surface area (Å²) in [6.45, 7) is 0. The number of halogens is 1. The van der Waals surface area contributed by atoms with Crippen molar-refractivity contribution >= 4 is 33.8 Å². The smallest absolute Gasteiger partial charge is 0.148 e. The molecule has 0 radical (unpaired) electrons. The Labute approximate surface area is 120 Å². The first-order valence-electron chi connectivity index (χ1n) is 6.11. The first-order valence-corrected chi connectivity index (χ1v) is 7.46. The SMILES string of the molecule is ClCCCc1nnc(-c2cccc3ncccc23)s1. The maximum absolute atomic E-state index is 5.70. The van der Waals surface area contributed by atoms with E-state index in [2.05, 4.69) is 27.3 Å². The van der Waals surface area contributed by atoms with Crippen molar-refractivity contribution in [2.24, 2.45) is 0 Å². The van der Waals surface area contributed by atoms with E-state index in [0.717, 1.165) is 39.3 Å². The molecule has 2 aromatic heterocycles. The molecule has 3 aromatic rings. The summed E-state index contributed by atoms with van der Waals surface area (Å²) >= 11 is 7.33. The number of aryl methyl sites for hydroxylation is 1. The van der Waals surface area contributed by atoms with Gasteiger partial charge in [-0.1, -0.05) is 29.5 Å². The standard InChI is InChI=1S/C14H12ClN3S/c15-8-2-7-13-17-18-14(19-13)11-4-1-6-12-10(11)5-3-9-16-12/h1,3-6,9H,2,7-8H2. The van der Waals surface area contributed by atoms with Crippen LogP contribution in [0.25, 0.3) is 21.5 Å². The van der Waals surface area contributed by atoms with Crippen molar-refractivity contribution < 1.29 is 0 Å². The van der Waals surface area contributed by atoms with Gasteiger partial charge >= 0.3 is 0 Å². The number of aromatic nitrogens is 3. The number of hydrogen-bond donors (Lipinski definition) is 0. The molecular formula is C14H12ClN3S. The van der Waals surface area contributed by atoms with Crippen molar-refractivity contribution in [1.29, 1.82) is 0 Å². The molecule has 0 aliphatic carbocycles. The van der Waals surface area contributed by atoms with Crippen molar-refractivity contribution in [2.75, 3.05) is 5.88 Å². The first-order chi connectivity index (χ1) is 9.38. The van der Waals surface area contributed by atoms with Crippen LogP contribution in [0.1, 0.15) is 11.4 Å². The lowest BCUT2D eigenvalue weighted by molar-refractivity contribution is 0.884. The highest BCUT2D eigenvalue weighted by atomic mass is 35.5. The quantitative estimate of drug-likeness (QED) is 0.683. The topological polar surface area (TPSA) is 38.7 Å². The third kappa shape index (κ3) is 2.60. The van der Waals surface area contributed by atoms with Gasteiger partial charge in [-0.25, -0.2) is 0 Å². The van der Waals surface area contributed by atoms with Gasteiger partial charge in [-0.3, -0.25) is 4.98 Å². The van der Waals surface area contributed by atoms with Crippen LogP contribution < -0.4 is 0 Å². The second-order valence-corrected chi connectivity index (χ2v) is 5.61. The maximum atomic E-state index is 5.70. The highest BCUT2D eigenvalue weighted by Crippen LogP contribution is 2.30. The molecule has 0 amide bonds. The number of rotatable bonds is 4. The van der Waals surface area contributed by atoms with Crippen LogP contribution in [-0.2, 0) is 6.42 Å². The van der Waals surface area contributed by atoms with Crippen molar-refractivity contribution in [1.82, 2.24) is 15.2 Å². The summed E-state index contributed by atoms with van der Waals surface area (Å²) in [6.07, 6.45) is 3.63. The molecule has 0 fully saturated rings. The number of fused-ring (bicyclic) bond motifs is 1. The van der Waals surface area contributed by atoms with Crippen LogP contribution in [0, 0.1) is 0 Å². The molecule has 0 spiro atoms. The Morgan fingerprint density at radius 3 is 2.95 bits per heavy atom. The van der Waals surface area contributed by atoms with Gasteiger partial charge in [0.15, 0.2) is 0 Å². The Bertz CT molecular complexity index is 690. The average Bonchev–Trinajstić information content (AvgIpc) is 2.93. The van der Waals surface area contributed by atoms with Gasteiger partial charge in [0.05, 0.1) is 5.52 Å². The van der Waals surface area contributed by atoms with Gasteiger partial charge in [-0.05, 0) is 18.6 Å². The number of nitrogens with zero attached hydrogens (tertiary/aromatic N) is 3. The second kappa shape index (κ2) is 5.63. The number of alkyl halides is 1. The summed E-state index contributed by atoms with van der Waals surface area (Å²) in [5.74, 6) is 0.660. The van der Waals surface area contributed by atoms with Crippen molar-refractivity contribution in [3.8, 4) is 10.6 Å². The largest absolute Gasteiger partial charge is 0.256 e. The highest BCUT2D eigenvalue weighted by Gasteiger charge is 2.09. The molecule has 0 saturated heterocycles. The Morgan fingerprint density at radius 1 is 1.11 bits per heavy atom. The zero-order chi connectivity index (χ0) is 13.1. The molecule has 96 valence electrons. The molecule has 0 aliphatic heterocycles. The van der Waals surface area contributed by atoms with Crippen LogP contribution in [0.15, 0.2) is 36.5 Å². The maximum Gasteiger partial charge on any atom is 0.148 e. The van der Waals surface area contributed by atoms with Gasteiger partial charge < -0.3 is 0 Å². The lowest BCUT2D eigenvalue weighted by atomic mass is 10.1. The molecule has 0 atom stereocenters. The third-order valence-electron chi connectivity index (χ3n) is 2.87. The van der Waals surface area contributed by atoms with Crippen LogP contribution >= 0.6 is 22.9 Å². The van der Waals surface area contributed by atoms with E-state index in [1.165, 1.54) is 0 Å². The zero-order valence-electron chi connectivity index (χ0n) is 10.2. The Morgan fingerprint density at radius 2 is 2.05 bits per heavy atom. The monoisotopic (exact) mass is 289 g/mol. The molecule has 0 saturated carbocycles. The minimum atomic E-state index is 0.660. The van der Waals surface area contributed by atoms with E-state index in [9.17, 15) is 0 Å². The van der Waals surface area contributed by atoms with E-state index in [1.54, 1.807) is 17.5 Å². The number of benzene rings is 1. The normalized spacial score (nSPS) is 11.0. The first kappa shape index (κ1) is 12.5. The average molecular weight is 290 g/mol. The van der Waals surface area contributed by atoms with Crippen molar-refractivity contribution in [3.63, 3.8) is 0 Å². The molecule has 3 rings (SSSR count). The van der Waals surface area contributed by atoms with Crippen LogP contribution in [0.5, 0.6) is 0 Å². The molecule has 0 unspecified atom stereocenters. The highest BCUT2D eigenvalue weighted by molar-refractivity contribution is 7.14. The van der Waals surface area contributed by atoms with Gasteiger partial charge in [0, 0.05) is 29.4 Å². The molecule has 0 bridgehead atoms. The summed E-state index contributed by atoms with van der Waals surface area (Å²) in [4.78, 5) is 4.36. The summed E-state index contributed by atoms with van der Waals surface area (Å²) < 4.78 is 0. The van der Waals surface area contributed by atoms with Crippen LogP contribution in [0.3, 0.4) is 0 Å². The van der Waals surface area contributed by atoms with Crippen LogP contribution in [-0.4, -0.2) is 21.1 Å². The lowest BCUT2D eigenvalue weighted by Crippen LogP contribution is -1.84. The predicted molar refractivity (Wildman–Crippen MR) is 79.7 cm³/mol. The molecule has 1 aromatic carbocycles. The Balaban J connectivity index is 2.02. The van der Waals surface area contributed by atoms with Crippen LogP contribution in [0.4, 0.5) is 0 Å². The fraction of sp³-hybridized carbons (Fsp3) is 0.214. The van der Waals surface area contributed by atoms with Gasteiger partial charge in [0.2, 0.25) is 0 Å². The van der Waals surface area contributed by atoms with E-state index >= 15 is 0 Å². The molecular weight excluding hydrogens is 278 g/mol.